The minimum absolute atomic E-state index is 0.196. The van der Waals surface area contributed by atoms with E-state index in [1.54, 1.807) is 0 Å². The van der Waals surface area contributed by atoms with Crippen molar-refractivity contribution in [2.24, 2.45) is 16.8 Å². The highest BCUT2D eigenvalue weighted by molar-refractivity contribution is 5.80. The second-order valence-electron chi connectivity index (χ2n) is 7.65. The number of piperazine rings is 1. The number of hydrogen-bond acceptors (Lipinski definition) is 3. The van der Waals surface area contributed by atoms with Gasteiger partial charge in [0, 0.05) is 51.6 Å². The second-order valence-corrected chi connectivity index (χ2v) is 7.65. The van der Waals surface area contributed by atoms with Gasteiger partial charge in [0.25, 0.3) is 0 Å². The van der Waals surface area contributed by atoms with Crippen molar-refractivity contribution in [3.05, 3.63) is 30.1 Å². The maximum absolute atomic E-state index is 13.1. The molecule has 152 valence electrons. The van der Waals surface area contributed by atoms with E-state index in [1.165, 1.54) is 12.1 Å². The van der Waals surface area contributed by atoms with E-state index in [-0.39, 0.29) is 12.4 Å². The van der Waals surface area contributed by atoms with Crippen molar-refractivity contribution in [3.8, 4) is 0 Å². The van der Waals surface area contributed by atoms with E-state index >= 15 is 0 Å². The Hall–Kier alpha value is -1.82. The third-order valence-electron chi connectivity index (χ3n) is 4.95. The summed E-state index contributed by atoms with van der Waals surface area (Å²) in [5, 5.41) is 12.7. The van der Waals surface area contributed by atoms with Gasteiger partial charge in [-0.25, -0.2) is 4.39 Å². The highest BCUT2D eigenvalue weighted by Crippen LogP contribution is 2.18. The molecule has 2 N–H and O–H groups in total. The van der Waals surface area contributed by atoms with Gasteiger partial charge < -0.3 is 20.2 Å². The maximum atomic E-state index is 13.1. The first-order chi connectivity index (χ1) is 13.0. The molecule has 0 radical (unpaired) electrons. The zero-order valence-corrected chi connectivity index (χ0v) is 17.0. The van der Waals surface area contributed by atoms with Gasteiger partial charge in [0.15, 0.2) is 5.96 Å². The van der Waals surface area contributed by atoms with Crippen LogP contribution in [0.2, 0.25) is 0 Å². The van der Waals surface area contributed by atoms with Crippen molar-refractivity contribution < 1.29 is 9.50 Å². The molecule has 1 unspecified atom stereocenters. The SMILES string of the molecule is CCNC(=NCC(CCO)CC(C)C)N1CCN(c2ccc(F)cc2)CC1. The highest BCUT2D eigenvalue weighted by atomic mass is 19.1. The molecule has 6 heteroatoms. The first-order valence-corrected chi connectivity index (χ1v) is 10.2. The monoisotopic (exact) mass is 378 g/mol. The highest BCUT2D eigenvalue weighted by Gasteiger charge is 2.20. The number of nitrogens with one attached hydrogen (secondary N) is 1. The lowest BCUT2D eigenvalue weighted by atomic mass is 9.94. The van der Waals surface area contributed by atoms with Crippen LogP contribution in [-0.4, -0.2) is 61.8 Å². The van der Waals surface area contributed by atoms with Crippen LogP contribution < -0.4 is 10.2 Å². The van der Waals surface area contributed by atoms with Crippen molar-refractivity contribution in [3.63, 3.8) is 0 Å². The molecule has 0 bridgehead atoms. The number of nitrogens with zero attached hydrogens (tertiary/aromatic N) is 3. The molecule has 1 atom stereocenters. The Morgan fingerprint density at radius 1 is 1.19 bits per heavy atom. The lowest BCUT2D eigenvalue weighted by molar-refractivity contribution is 0.245. The molecule has 0 aromatic heterocycles. The maximum Gasteiger partial charge on any atom is 0.194 e. The predicted octanol–water partition coefficient (Wildman–Crippen LogP) is 2.96. The first kappa shape index (κ1) is 21.5. The molecule has 1 heterocycles. The van der Waals surface area contributed by atoms with Crippen LogP contribution in [0.25, 0.3) is 0 Å². The van der Waals surface area contributed by atoms with E-state index in [2.05, 4.69) is 35.9 Å². The number of aliphatic imine (C=N–C) groups is 1. The molecule has 1 saturated heterocycles. The van der Waals surface area contributed by atoms with Gasteiger partial charge in [0.05, 0.1) is 0 Å². The van der Waals surface area contributed by atoms with Crippen molar-refractivity contribution >= 4 is 11.6 Å². The Kier molecular flexibility index (Phi) is 8.85. The van der Waals surface area contributed by atoms with Gasteiger partial charge in [-0.15, -0.1) is 0 Å². The number of aliphatic hydroxyl groups excluding tert-OH is 1. The third-order valence-corrected chi connectivity index (χ3v) is 4.95. The second kappa shape index (κ2) is 11.1. The van der Waals surface area contributed by atoms with E-state index in [0.29, 0.717) is 11.8 Å². The summed E-state index contributed by atoms with van der Waals surface area (Å²) >= 11 is 0. The summed E-state index contributed by atoms with van der Waals surface area (Å²) in [6.45, 7) is 11.9. The molecule has 1 fully saturated rings. The number of anilines is 1. The Balaban J connectivity index is 1.95. The average molecular weight is 379 g/mol. The van der Waals surface area contributed by atoms with Crippen molar-refractivity contribution in [1.29, 1.82) is 0 Å². The number of rotatable bonds is 8. The third kappa shape index (κ3) is 7.01. The van der Waals surface area contributed by atoms with Gasteiger partial charge in [-0.05, 0) is 55.9 Å². The van der Waals surface area contributed by atoms with Crippen LogP contribution >= 0.6 is 0 Å². The van der Waals surface area contributed by atoms with Crippen LogP contribution in [-0.2, 0) is 0 Å². The van der Waals surface area contributed by atoms with Crippen LogP contribution in [0, 0.1) is 17.7 Å². The standard InChI is InChI=1S/C21H35FN4O/c1-4-23-21(24-16-18(9-14-27)15-17(2)3)26-12-10-25(11-13-26)20-7-5-19(22)6-8-20/h5-8,17-18,27H,4,9-16H2,1-3H3,(H,23,24). The Labute approximate surface area is 163 Å². The molecule has 0 spiro atoms. The Morgan fingerprint density at radius 2 is 1.85 bits per heavy atom. The van der Waals surface area contributed by atoms with Crippen molar-refractivity contribution in [2.45, 2.75) is 33.6 Å². The van der Waals surface area contributed by atoms with Gasteiger partial charge in [-0.2, -0.15) is 0 Å². The Morgan fingerprint density at radius 3 is 2.41 bits per heavy atom. The summed E-state index contributed by atoms with van der Waals surface area (Å²) < 4.78 is 13.1. The largest absolute Gasteiger partial charge is 0.396 e. The minimum Gasteiger partial charge on any atom is -0.396 e. The number of halogens is 1. The Bertz CT molecular complexity index is 568. The molecular formula is C21H35FN4O. The topological polar surface area (TPSA) is 51.1 Å². The smallest absolute Gasteiger partial charge is 0.194 e. The van der Waals surface area contributed by atoms with E-state index < -0.39 is 0 Å². The van der Waals surface area contributed by atoms with Gasteiger partial charge >= 0.3 is 0 Å². The van der Waals surface area contributed by atoms with Crippen LogP contribution in [0.1, 0.15) is 33.6 Å². The van der Waals surface area contributed by atoms with E-state index in [0.717, 1.165) is 63.8 Å². The molecule has 2 rings (SSSR count). The molecule has 27 heavy (non-hydrogen) atoms. The predicted molar refractivity (Wildman–Crippen MR) is 111 cm³/mol. The summed E-state index contributed by atoms with van der Waals surface area (Å²) in [5.74, 6) is 1.79. The number of aliphatic hydroxyl groups is 1. The lowest BCUT2D eigenvalue weighted by Gasteiger charge is -2.37. The summed E-state index contributed by atoms with van der Waals surface area (Å²) in [4.78, 5) is 9.46. The zero-order chi connectivity index (χ0) is 19.6. The zero-order valence-electron chi connectivity index (χ0n) is 17.0. The fourth-order valence-corrected chi connectivity index (χ4v) is 3.60. The van der Waals surface area contributed by atoms with Crippen molar-refractivity contribution in [1.82, 2.24) is 10.2 Å². The first-order valence-electron chi connectivity index (χ1n) is 10.2. The fraction of sp³-hybridized carbons (Fsp3) is 0.667. The average Bonchev–Trinajstić information content (AvgIpc) is 2.65. The van der Waals surface area contributed by atoms with Crippen LogP contribution in [0.5, 0.6) is 0 Å². The molecule has 0 saturated carbocycles. The molecular weight excluding hydrogens is 343 g/mol. The van der Waals surface area contributed by atoms with Crippen LogP contribution in [0.4, 0.5) is 10.1 Å². The number of guanidine groups is 1. The van der Waals surface area contributed by atoms with Crippen LogP contribution in [0.15, 0.2) is 29.3 Å². The van der Waals surface area contributed by atoms with E-state index in [1.807, 2.05) is 12.1 Å². The minimum atomic E-state index is -0.196. The van der Waals surface area contributed by atoms with Crippen molar-refractivity contribution in [2.75, 3.05) is 50.8 Å². The lowest BCUT2D eigenvalue weighted by Crippen LogP contribution is -2.52. The molecule has 1 aliphatic heterocycles. The normalized spacial score (nSPS) is 16.7. The van der Waals surface area contributed by atoms with Gasteiger partial charge in [-0.1, -0.05) is 13.8 Å². The molecule has 1 aromatic rings. The molecule has 1 aliphatic rings. The summed E-state index contributed by atoms with van der Waals surface area (Å²) in [5.41, 5.74) is 1.07. The summed E-state index contributed by atoms with van der Waals surface area (Å²) in [7, 11) is 0. The molecule has 5 nitrogen and oxygen atoms in total. The van der Waals surface area contributed by atoms with Gasteiger partial charge in [-0.3, -0.25) is 4.99 Å². The summed E-state index contributed by atoms with van der Waals surface area (Å²) in [6, 6.07) is 6.72. The van der Waals surface area contributed by atoms with E-state index in [9.17, 15) is 9.50 Å². The fourth-order valence-electron chi connectivity index (χ4n) is 3.60. The number of hydrogen-bond donors (Lipinski definition) is 2. The number of benzene rings is 1. The molecule has 0 amide bonds. The van der Waals surface area contributed by atoms with Gasteiger partial charge in [0.2, 0.25) is 0 Å². The summed E-state index contributed by atoms with van der Waals surface area (Å²) in [6.07, 6.45) is 1.89. The van der Waals surface area contributed by atoms with Gasteiger partial charge in [0.1, 0.15) is 5.82 Å². The molecule has 1 aromatic carbocycles. The molecule has 0 aliphatic carbocycles. The quantitative estimate of drug-likeness (QED) is 0.539. The van der Waals surface area contributed by atoms with Crippen LogP contribution in [0.3, 0.4) is 0 Å². The van der Waals surface area contributed by atoms with E-state index in [4.69, 9.17) is 4.99 Å².